The Balaban J connectivity index is -0.000000103. The van der Waals surface area contributed by atoms with Crippen LogP contribution in [0, 0.1) is 0 Å². The fourth-order valence-electron chi connectivity index (χ4n) is 2.87. The van der Waals surface area contributed by atoms with Gasteiger partial charge in [0, 0.05) is 0 Å². The molecule has 0 saturated heterocycles. The molecule has 0 atom stereocenters. The van der Waals surface area contributed by atoms with Crippen molar-refractivity contribution in [2.24, 2.45) is 0 Å². The first-order chi connectivity index (χ1) is 20.6. The van der Waals surface area contributed by atoms with Crippen molar-refractivity contribution in [3.8, 4) is 0 Å². The lowest BCUT2D eigenvalue weighted by Crippen LogP contribution is -2.56. The number of quaternary nitrogens is 4. The van der Waals surface area contributed by atoms with Crippen molar-refractivity contribution < 1.29 is 56.8 Å². The summed E-state index contributed by atoms with van der Waals surface area (Å²) in [6, 6.07) is 0. The molecule has 45 heavy (non-hydrogen) atoms. The van der Waals surface area contributed by atoms with Crippen LogP contribution in [0.15, 0.2) is 0 Å². The number of aliphatic carboxylic acids is 1. The number of hydrogen-bond acceptors (Lipinski definition) is 7. The van der Waals surface area contributed by atoms with E-state index in [2.05, 4.69) is 116 Å². The van der Waals surface area contributed by atoms with Crippen LogP contribution >= 0.6 is 0 Å². The fourth-order valence-corrected chi connectivity index (χ4v) is 2.87. The molecule has 0 aromatic carbocycles. The van der Waals surface area contributed by atoms with Crippen molar-refractivity contribution in [1.82, 2.24) is 0 Å². The normalized spacial score (nSPS) is 10.8. The summed E-state index contributed by atoms with van der Waals surface area (Å²) in [5.74, 6) is -3.49. The van der Waals surface area contributed by atoms with E-state index in [1.165, 1.54) is 96.5 Å². The summed E-state index contributed by atoms with van der Waals surface area (Å²) in [6.45, 7) is 40.6. The Morgan fingerprint density at radius 3 is 0.733 bits per heavy atom. The van der Waals surface area contributed by atoms with E-state index in [0.29, 0.717) is 0 Å². The van der Waals surface area contributed by atoms with Gasteiger partial charge in [0.05, 0.1) is 107 Å². The number of carbonyl (C=O) groups excluding carboxylic acids is 2. The predicted octanol–water partition coefficient (Wildman–Crippen LogP) is 0.272. The number of alkyl halides is 1. The van der Waals surface area contributed by atoms with Crippen molar-refractivity contribution in [3.63, 3.8) is 0 Å². The molecule has 276 valence electrons. The van der Waals surface area contributed by atoms with Crippen LogP contribution in [-0.4, -0.2) is 157 Å². The topological polar surface area (TPSA) is 136 Å². The third-order valence-electron chi connectivity index (χ3n) is 9.64. The van der Waals surface area contributed by atoms with Gasteiger partial charge in [-0.2, -0.15) is 0 Å². The first-order valence-corrected chi connectivity index (χ1v) is 16.9. The van der Waals surface area contributed by atoms with Crippen LogP contribution in [-0.2, 0) is 14.3 Å². The number of carboxylic acid groups (broad SMARTS) is 1. The zero-order valence-corrected chi connectivity index (χ0v) is 32.5. The molecule has 0 heterocycles. The second kappa shape index (κ2) is 34.0. The minimum atomic E-state index is -2.92. The lowest BCUT2D eigenvalue weighted by atomic mass is 10.3. The second-order valence-corrected chi connectivity index (χ2v) is 11.7. The molecule has 0 rings (SSSR count). The van der Waals surface area contributed by atoms with Crippen molar-refractivity contribution in [3.05, 3.63) is 0 Å². The van der Waals surface area contributed by atoms with E-state index >= 15 is 0 Å². The summed E-state index contributed by atoms with van der Waals surface area (Å²) in [6.07, 6.45) is 0. The Labute approximate surface area is 279 Å². The van der Waals surface area contributed by atoms with E-state index in [1.54, 1.807) is 0 Å². The Hall–Kier alpha value is -1.35. The molecular weight excluding hydrogens is 582 g/mol. The largest absolute Gasteiger partial charge is 0.907 e. The monoisotopic (exact) mass is 659 g/mol. The Morgan fingerprint density at radius 1 is 0.511 bits per heavy atom. The zero-order chi connectivity index (χ0) is 37.3. The molecular formula is C32H76BFN4O7. The Bertz CT molecular complexity index is 539. The molecule has 0 aromatic rings. The smallest absolute Gasteiger partial charge is 0.354 e. The molecule has 0 aliphatic heterocycles. The summed E-state index contributed by atoms with van der Waals surface area (Å²) in [4.78, 5) is 19.3. The van der Waals surface area contributed by atoms with Gasteiger partial charge in [-0.3, -0.25) is 7.32 Å². The molecule has 0 saturated carbocycles. The molecule has 0 amide bonds. The van der Waals surface area contributed by atoms with Crippen LogP contribution < -0.4 is 20.2 Å². The summed E-state index contributed by atoms with van der Waals surface area (Å²) in [5, 5.41) is 34.7. The second-order valence-electron chi connectivity index (χ2n) is 11.7. The van der Waals surface area contributed by atoms with Gasteiger partial charge in [-0.15, -0.1) is 0 Å². The quantitative estimate of drug-likeness (QED) is 0.113. The van der Waals surface area contributed by atoms with Crippen molar-refractivity contribution in [2.75, 3.05) is 120 Å². The summed E-state index contributed by atoms with van der Waals surface area (Å²) in [7, 11) is 6.25. The summed E-state index contributed by atoms with van der Waals surface area (Å²) >= 11 is 0. The number of esters is 1. The minimum Gasteiger partial charge on any atom is -0.907 e. The summed E-state index contributed by atoms with van der Waals surface area (Å²) < 4.78 is 19.7. The van der Waals surface area contributed by atoms with Crippen LogP contribution in [0.1, 0.15) is 83.1 Å². The highest BCUT2D eigenvalue weighted by molar-refractivity contribution is 6.27. The van der Waals surface area contributed by atoms with Crippen LogP contribution in [0.3, 0.4) is 0 Å². The highest BCUT2D eigenvalue weighted by atomic mass is 19.1. The molecule has 0 aliphatic carbocycles. The maximum Gasteiger partial charge on any atom is 0.354 e. The van der Waals surface area contributed by atoms with E-state index in [-0.39, 0.29) is 0 Å². The van der Waals surface area contributed by atoms with E-state index < -0.39 is 32.5 Å². The van der Waals surface area contributed by atoms with E-state index in [4.69, 9.17) is 15.1 Å². The average molecular weight is 659 g/mol. The number of hydrogen-bond donors (Lipinski definition) is 0. The zero-order valence-electron chi connectivity index (χ0n) is 32.5. The highest BCUT2D eigenvalue weighted by Gasteiger charge is 2.13. The highest BCUT2D eigenvalue weighted by Crippen LogP contribution is 1.99. The van der Waals surface area contributed by atoms with Crippen molar-refractivity contribution in [1.29, 1.82) is 0 Å². The van der Waals surface area contributed by atoms with Gasteiger partial charge in [0.1, 0.15) is 13.3 Å². The summed E-state index contributed by atoms with van der Waals surface area (Å²) in [5.41, 5.74) is 0. The van der Waals surface area contributed by atoms with Crippen LogP contribution in [0.5, 0.6) is 0 Å². The number of carboxylic acids is 1. The first kappa shape index (κ1) is 56.0. The molecule has 0 aromatic heterocycles. The van der Waals surface area contributed by atoms with Gasteiger partial charge >= 0.3 is 5.97 Å². The molecule has 0 spiro atoms. The number of ether oxygens (including phenoxy) is 1. The molecule has 13 heteroatoms. The molecule has 0 bridgehead atoms. The van der Waals surface area contributed by atoms with Gasteiger partial charge in [-0.25, -0.2) is 9.18 Å². The van der Waals surface area contributed by atoms with Gasteiger partial charge in [-0.05, 0) is 83.1 Å². The first-order valence-electron chi connectivity index (χ1n) is 16.9. The average Bonchev–Trinajstić information content (AvgIpc) is 3.06. The van der Waals surface area contributed by atoms with Gasteiger partial charge in [-0.1, -0.05) is 0 Å². The van der Waals surface area contributed by atoms with Crippen molar-refractivity contribution >= 4 is 19.3 Å². The predicted molar refractivity (Wildman–Crippen MR) is 179 cm³/mol. The van der Waals surface area contributed by atoms with Gasteiger partial charge < -0.3 is 47.6 Å². The van der Waals surface area contributed by atoms with Crippen LogP contribution in [0.2, 0.25) is 0 Å². The third kappa shape index (κ3) is 38.7. The molecule has 0 N–H and O–H groups in total. The molecule has 0 unspecified atom stereocenters. The molecule has 11 nitrogen and oxygen atoms in total. The van der Waals surface area contributed by atoms with Crippen molar-refractivity contribution in [2.45, 2.75) is 83.1 Å². The lowest BCUT2D eigenvalue weighted by Gasteiger charge is -2.35. The standard InChI is InChI=1S/4C7H18N.C4H5FO4.BO3/c4*1-5-8(4,6-2)7-3;5-1-2-9-4(8)3(6)7;2-1(3)4/h4*5-7H2,1-4H3;1-2H2,(H,6,7);/q4*+1;;-3/p-1. The fraction of sp³-hybridized carbons (Fsp3) is 0.938. The number of halogens is 1. The molecule has 0 aliphatic rings. The maximum absolute atomic E-state index is 11.1. The van der Waals surface area contributed by atoms with Gasteiger partial charge in [0.2, 0.25) is 0 Å². The molecule has 0 fully saturated rings. The minimum absolute atomic E-state index is 0.535. The maximum atomic E-state index is 11.1. The number of nitrogens with zero attached hydrogens (tertiary/aromatic N) is 4. The van der Waals surface area contributed by atoms with Gasteiger partial charge in [0.25, 0.3) is 0 Å². The van der Waals surface area contributed by atoms with Gasteiger partial charge in [0.15, 0.2) is 5.97 Å². The third-order valence-corrected chi connectivity index (χ3v) is 9.64. The molecule has 0 radical (unpaired) electrons. The Morgan fingerprint density at radius 2 is 0.667 bits per heavy atom. The number of rotatable bonds is 14. The van der Waals surface area contributed by atoms with E-state index in [0.717, 1.165) is 0 Å². The number of carbonyl (C=O) groups is 2. The van der Waals surface area contributed by atoms with E-state index in [1.807, 2.05) is 0 Å². The Kier molecular flexibility index (Phi) is 42.3. The van der Waals surface area contributed by atoms with Crippen LogP contribution in [0.25, 0.3) is 0 Å². The lowest BCUT2D eigenvalue weighted by molar-refractivity contribution is -0.904. The van der Waals surface area contributed by atoms with E-state index in [9.17, 15) is 19.1 Å². The SMILES string of the molecule is CC[N+](C)(CC)CC.CC[N+](C)(CC)CC.CC[N+](C)(CC)CC.CC[N+](C)(CC)CC.O=C([O-])C(=O)OCCF.[O-]B([O-])[O-]. The van der Waals surface area contributed by atoms with Crippen LogP contribution in [0.4, 0.5) is 4.39 Å².